The molecule has 2 saturated heterocycles. The van der Waals surface area contributed by atoms with E-state index in [0.29, 0.717) is 31.6 Å². The molecule has 2 heterocycles. The maximum Gasteiger partial charge on any atom is 0.225 e. The Morgan fingerprint density at radius 2 is 1.77 bits per heavy atom. The molecule has 26 heavy (non-hydrogen) atoms. The number of nitrogens with zero attached hydrogens (tertiary/aromatic N) is 2. The summed E-state index contributed by atoms with van der Waals surface area (Å²) in [7, 11) is 0. The zero-order valence-electron chi connectivity index (χ0n) is 14.8. The first-order chi connectivity index (χ1) is 12.4. The van der Waals surface area contributed by atoms with Crippen molar-refractivity contribution in [3.8, 4) is 0 Å². The van der Waals surface area contributed by atoms with Crippen LogP contribution in [0.25, 0.3) is 0 Å². The van der Waals surface area contributed by atoms with E-state index < -0.39 is 11.6 Å². The second kappa shape index (κ2) is 6.63. The van der Waals surface area contributed by atoms with E-state index in [1.807, 2.05) is 4.90 Å². The van der Waals surface area contributed by atoms with Gasteiger partial charge in [-0.1, -0.05) is 6.42 Å². The van der Waals surface area contributed by atoms with Crippen LogP contribution in [0.3, 0.4) is 0 Å². The van der Waals surface area contributed by atoms with Crippen LogP contribution in [0.1, 0.15) is 44.1 Å². The second-order valence-electron chi connectivity index (χ2n) is 8.16. The van der Waals surface area contributed by atoms with Crippen LogP contribution < -0.4 is 0 Å². The lowest BCUT2D eigenvalue weighted by Gasteiger charge is -2.41. The first-order valence-corrected chi connectivity index (χ1v) is 9.46. The van der Waals surface area contributed by atoms with Crippen LogP contribution in [0.2, 0.25) is 0 Å². The number of piperidine rings is 1. The molecule has 4 rings (SSSR count). The van der Waals surface area contributed by atoms with Crippen LogP contribution in [0.4, 0.5) is 8.78 Å². The van der Waals surface area contributed by atoms with Gasteiger partial charge in [-0.2, -0.15) is 0 Å². The molecule has 1 saturated carbocycles. The molecule has 0 N–H and O–H groups in total. The number of rotatable bonds is 3. The lowest BCUT2D eigenvalue weighted by molar-refractivity contribution is -0.140. The monoisotopic (exact) mass is 362 g/mol. The molecule has 0 unspecified atom stereocenters. The second-order valence-corrected chi connectivity index (χ2v) is 8.16. The minimum Gasteiger partial charge on any atom is -0.342 e. The maximum atomic E-state index is 13.4. The van der Waals surface area contributed by atoms with Gasteiger partial charge >= 0.3 is 0 Å². The van der Waals surface area contributed by atoms with Gasteiger partial charge in [-0.25, -0.2) is 8.78 Å². The van der Waals surface area contributed by atoms with Gasteiger partial charge in [0.15, 0.2) is 0 Å². The highest BCUT2D eigenvalue weighted by Gasteiger charge is 2.46. The largest absolute Gasteiger partial charge is 0.342 e. The van der Waals surface area contributed by atoms with E-state index in [1.165, 1.54) is 12.1 Å². The quantitative estimate of drug-likeness (QED) is 0.829. The molecular formula is C20H24F2N2O2. The van der Waals surface area contributed by atoms with Crippen LogP contribution in [0, 0.1) is 23.0 Å². The molecule has 140 valence electrons. The maximum absolute atomic E-state index is 13.4. The Bertz CT molecular complexity index is 704. The first-order valence-electron chi connectivity index (χ1n) is 9.46. The molecule has 1 spiro atoms. The predicted molar refractivity (Wildman–Crippen MR) is 92.0 cm³/mol. The van der Waals surface area contributed by atoms with Crippen LogP contribution in [-0.4, -0.2) is 41.2 Å². The third-order valence-corrected chi connectivity index (χ3v) is 6.29. The fraction of sp³-hybridized carbons (Fsp3) is 0.600. The van der Waals surface area contributed by atoms with Gasteiger partial charge in [0, 0.05) is 50.0 Å². The molecular weight excluding hydrogens is 338 g/mol. The Kier molecular flexibility index (Phi) is 4.45. The number of hydrogen-bond donors (Lipinski definition) is 0. The number of carbonyl (C=O) groups is 2. The zero-order valence-corrected chi connectivity index (χ0v) is 14.8. The van der Waals surface area contributed by atoms with E-state index in [0.717, 1.165) is 38.2 Å². The van der Waals surface area contributed by atoms with E-state index in [1.54, 1.807) is 4.90 Å². The average molecular weight is 362 g/mol. The molecule has 4 nitrogen and oxygen atoms in total. The number of amides is 2. The van der Waals surface area contributed by atoms with E-state index in [2.05, 4.69) is 0 Å². The number of likely N-dealkylation sites (tertiary alicyclic amines) is 2. The van der Waals surface area contributed by atoms with Crippen molar-refractivity contribution in [1.82, 2.24) is 9.80 Å². The summed E-state index contributed by atoms with van der Waals surface area (Å²) in [5.74, 6) is -0.710. The van der Waals surface area contributed by atoms with Crippen molar-refractivity contribution in [2.24, 2.45) is 11.3 Å². The van der Waals surface area contributed by atoms with Gasteiger partial charge in [-0.15, -0.1) is 0 Å². The van der Waals surface area contributed by atoms with Crippen LogP contribution in [0.15, 0.2) is 18.2 Å². The third-order valence-electron chi connectivity index (χ3n) is 6.29. The Labute approximate surface area is 152 Å². The third kappa shape index (κ3) is 3.33. The molecule has 1 aliphatic carbocycles. The smallest absolute Gasteiger partial charge is 0.225 e. The Hall–Kier alpha value is -1.98. The highest BCUT2D eigenvalue weighted by atomic mass is 19.1. The van der Waals surface area contributed by atoms with Crippen molar-refractivity contribution in [2.75, 3.05) is 19.6 Å². The minimum absolute atomic E-state index is 0.0356. The van der Waals surface area contributed by atoms with E-state index in [9.17, 15) is 18.4 Å². The highest BCUT2D eigenvalue weighted by Crippen LogP contribution is 2.42. The number of halogens is 2. The summed E-state index contributed by atoms with van der Waals surface area (Å²) in [4.78, 5) is 28.5. The molecule has 2 aliphatic heterocycles. The lowest BCUT2D eigenvalue weighted by atomic mass is 9.76. The Morgan fingerprint density at radius 1 is 1.12 bits per heavy atom. The fourth-order valence-electron chi connectivity index (χ4n) is 4.50. The van der Waals surface area contributed by atoms with Gasteiger partial charge < -0.3 is 9.80 Å². The molecule has 0 radical (unpaired) electrons. The van der Waals surface area contributed by atoms with Crippen molar-refractivity contribution in [1.29, 1.82) is 0 Å². The summed E-state index contributed by atoms with van der Waals surface area (Å²) in [6.45, 7) is 2.27. The van der Waals surface area contributed by atoms with Crippen molar-refractivity contribution >= 4 is 11.8 Å². The van der Waals surface area contributed by atoms with E-state index in [4.69, 9.17) is 0 Å². The van der Waals surface area contributed by atoms with Crippen molar-refractivity contribution in [3.63, 3.8) is 0 Å². The van der Waals surface area contributed by atoms with Crippen molar-refractivity contribution in [2.45, 2.75) is 45.1 Å². The first kappa shape index (κ1) is 17.4. The molecule has 1 aromatic carbocycles. The highest BCUT2D eigenvalue weighted by molar-refractivity contribution is 5.81. The van der Waals surface area contributed by atoms with Gasteiger partial charge in [-0.05, 0) is 43.4 Å². The average Bonchev–Trinajstić information content (AvgIpc) is 2.80. The van der Waals surface area contributed by atoms with Gasteiger partial charge in [0.2, 0.25) is 11.8 Å². The lowest BCUT2D eigenvalue weighted by Crippen LogP contribution is -2.47. The summed E-state index contributed by atoms with van der Waals surface area (Å²) >= 11 is 0. The van der Waals surface area contributed by atoms with E-state index >= 15 is 0 Å². The van der Waals surface area contributed by atoms with Crippen molar-refractivity contribution < 1.29 is 18.4 Å². The minimum atomic E-state index is -0.621. The summed E-state index contributed by atoms with van der Waals surface area (Å²) in [6, 6.07) is 3.40. The normalized spacial score (nSPS) is 22.8. The Balaban J connectivity index is 1.37. The molecule has 3 fully saturated rings. The standard InChI is InChI=1S/C20H24F2N2O2/c21-16-8-14(9-17(22)10-16)12-24-13-20(11-18(24)25)4-6-23(7-5-20)19(26)15-2-1-3-15/h8-10,15H,1-7,11-13H2. The topological polar surface area (TPSA) is 40.6 Å². The number of hydrogen-bond acceptors (Lipinski definition) is 2. The number of benzene rings is 1. The Morgan fingerprint density at radius 3 is 2.35 bits per heavy atom. The summed E-state index contributed by atoms with van der Waals surface area (Å²) in [5, 5.41) is 0. The molecule has 6 heteroatoms. The molecule has 1 aromatic rings. The zero-order chi connectivity index (χ0) is 18.3. The van der Waals surface area contributed by atoms with Gasteiger partial charge in [-0.3, -0.25) is 9.59 Å². The predicted octanol–water partition coefficient (Wildman–Crippen LogP) is 3.11. The van der Waals surface area contributed by atoms with Crippen LogP contribution in [-0.2, 0) is 16.1 Å². The van der Waals surface area contributed by atoms with Gasteiger partial charge in [0.05, 0.1) is 0 Å². The number of carbonyl (C=O) groups excluding carboxylic acids is 2. The van der Waals surface area contributed by atoms with Gasteiger partial charge in [0.1, 0.15) is 11.6 Å². The molecule has 0 atom stereocenters. The molecule has 3 aliphatic rings. The van der Waals surface area contributed by atoms with E-state index in [-0.39, 0.29) is 29.7 Å². The summed E-state index contributed by atoms with van der Waals surface area (Å²) < 4.78 is 26.8. The summed E-state index contributed by atoms with van der Waals surface area (Å²) in [6.07, 6.45) is 5.29. The molecule has 0 bridgehead atoms. The van der Waals surface area contributed by atoms with Gasteiger partial charge in [0.25, 0.3) is 0 Å². The SMILES string of the molecule is O=C1CC2(CCN(C(=O)C3CCC3)CC2)CN1Cc1cc(F)cc(F)c1. The van der Waals surface area contributed by atoms with Crippen molar-refractivity contribution in [3.05, 3.63) is 35.4 Å². The summed E-state index contributed by atoms with van der Waals surface area (Å²) in [5.41, 5.74) is 0.379. The fourth-order valence-corrected chi connectivity index (χ4v) is 4.50. The molecule has 0 aromatic heterocycles. The van der Waals surface area contributed by atoms with Crippen LogP contribution in [0.5, 0.6) is 0 Å². The van der Waals surface area contributed by atoms with Crippen LogP contribution >= 0.6 is 0 Å². The molecule has 2 amide bonds.